The largest absolute Gasteiger partial charge is 0.369 e. The fourth-order valence-electron chi connectivity index (χ4n) is 5.37. The normalized spacial score (nSPS) is 20.7. The standard InChI is InChI=1S/C28H27F4N3O/c29-21-7-9-23(10-8-21)34-13-11-33(12-14-34)16-20-17-35(18-24(20)19-3-1-4-22(30)15-19)28(36)27-25(31)5-2-6-26(27)32/h1-10,15,20,24H,11-14,16-18H2. The maximum Gasteiger partial charge on any atom is 0.259 e. The quantitative estimate of drug-likeness (QED) is 0.469. The Hall–Kier alpha value is -3.39. The molecule has 0 saturated carbocycles. The zero-order chi connectivity index (χ0) is 25.2. The second-order valence-corrected chi connectivity index (χ2v) is 9.49. The Morgan fingerprint density at radius 2 is 1.44 bits per heavy atom. The van der Waals surface area contributed by atoms with Crippen LogP contribution in [0.15, 0.2) is 66.7 Å². The van der Waals surface area contributed by atoms with E-state index in [1.165, 1.54) is 35.2 Å². The molecule has 2 heterocycles. The van der Waals surface area contributed by atoms with E-state index in [9.17, 15) is 22.4 Å². The number of halogens is 4. The number of piperazine rings is 1. The Labute approximate surface area is 207 Å². The molecule has 2 fully saturated rings. The van der Waals surface area contributed by atoms with Crippen molar-refractivity contribution in [1.29, 1.82) is 0 Å². The first kappa shape index (κ1) is 24.3. The Kier molecular flexibility index (Phi) is 6.96. The minimum atomic E-state index is -0.886. The van der Waals surface area contributed by atoms with E-state index in [0.717, 1.165) is 49.6 Å². The van der Waals surface area contributed by atoms with Crippen molar-refractivity contribution >= 4 is 11.6 Å². The van der Waals surface area contributed by atoms with Gasteiger partial charge in [-0.2, -0.15) is 0 Å². The predicted octanol–water partition coefficient (Wildman–Crippen LogP) is 4.92. The Bertz CT molecular complexity index is 1210. The number of hydrogen-bond donors (Lipinski definition) is 0. The third kappa shape index (κ3) is 5.09. The molecule has 0 aliphatic carbocycles. The third-order valence-corrected chi connectivity index (χ3v) is 7.24. The fraction of sp³-hybridized carbons (Fsp3) is 0.321. The van der Waals surface area contributed by atoms with Crippen LogP contribution < -0.4 is 4.90 Å². The van der Waals surface area contributed by atoms with E-state index in [0.29, 0.717) is 13.1 Å². The minimum absolute atomic E-state index is 0.0250. The zero-order valence-corrected chi connectivity index (χ0v) is 19.7. The molecule has 36 heavy (non-hydrogen) atoms. The fourth-order valence-corrected chi connectivity index (χ4v) is 5.37. The highest BCUT2D eigenvalue weighted by atomic mass is 19.1. The number of hydrogen-bond acceptors (Lipinski definition) is 3. The topological polar surface area (TPSA) is 26.8 Å². The number of carbonyl (C=O) groups excluding carboxylic acids is 1. The van der Waals surface area contributed by atoms with Gasteiger partial charge in [-0.25, -0.2) is 17.6 Å². The van der Waals surface area contributed by atoms with Gasteiger partial charge in [-0.05, 0) is 60.0 Å². The summed E-state index contributed by atoms with van der Waals surface area (Å²) in [5, 5.41) is 0. The summed E-state index contributed by atoms with van der Waals surface area (Å²) >= 11 is 0. The lowest BCUT2D eigenvalue weighted by molar-refractivity contribution is 0.0772. The highest BCUT2D eigenvalue weighted by Gasteiger charge is 2.39. The SMILES string of the molecule is O=C(c1c(F)cccc1F)N1CC(CN2CCN(c3ccc(F)cc3)CC2)C(c2cccc(F)c2)C1. The highest BCUT2D eigenvalue weighted by Crippen LogP contribution is 2.35. The first-order chi connectivity index (χ1) is 17.4. The van der Waals surface area contributed by atoms with Crippen molar-refractivity contribution in [3.63, 3.8) is 0 Å². The van der Waals surface area contributed by atoms with Crippen molar-refractivity contribution in [1.82, 2.24) is 9.80 Å². The van der Waals surface area contributed by atoms with Gasteiger partial charge >= 0.3 is 0 Å². The van der Waals surface area contributed by atoms with Crippen molar-refractivity contribution in [2.24, 2.45) is 5.92 Å². The van der Waals surface area contributed by atoms with E-state index in [1.807, 2.05) is 6.07 Å². The first-order valence-corrected chi connectivity index (χ1v) is 12.1. The molecule has 0 spiro atoms. The van der Waals surface area contributed by atoms with E-state index < -0.39 is 23.1 Å². The summed E-state index contributed by atoms with van der Waals surface area (Å²) in [7, 11) is 0. The summed E-state index contributed by atoms with van der Waals surface area (Å²) in [5.41, 5.74) is 1.19. The zero-order valence-electron chi connectivity index (χ0n) is 19.7. The molecular weight excluding hydrogens is 470 g/mol. The molecule has 2 unspecified atom stereocenters. The lowest BCUT2D eigenvalue weighted by atomic mass is 9.88. The van der Waals surface area contributed by atoms with Gasteiger partial charge in [-0.15, -0.1) is 0 Å². The van der Waals surface area contributed by atoms with E-state index in [1.54, 1.807) is 18.2 Å². The summed E-state index contributed by atoms with van der Waals surface area (Å²) in [4.78, 5) is 19.1. The molecule has 3 aromatic rings. The molecule has 1 amide bonds. The molecule has 5 rings (SSSR count). The molecule has 4 nitrogen and oxygen atoms in total. The van der Waals surface area contributed by atoms with E-state index in [2.05, 4.69) is 9.80 Å². The molecule has 8 heteroatoms. The average Bonchev–Trinajstić information content (AvgIpc) is 3.29. The van der Waals surface area contributed by atoms with Crippen molar-refractivity contribution in [3.05, 3.63) is 101 Å². The van der Waals surface area contributed by atoms with Crippen LogP contribution in [0.25, 0.3) is 0 Å². The van der Waals surface area contributed by atoms with E-state index in [-0.39, 0.29) is 30.0 Å². The van der Waals surface area contributed by atoms with Crippen molar-refractivity contribution < 1.29 is 22.4 Å². The number of benzene rings is 3. The van der Waals surface area contributed by atoms with Crippen LogP contribution in [0.4, 0.5) is 23.2 Å². The number of likely N-dealkylation sites (tertiary alicyclic amines) is 1. The molecule has 0 bridgehead atoms. The van der Waals surface area contributed by atoms with Crippen LogP contribution in [0.1, 0.15) is 21.8 Å². The molecule has 3 aromatic carbocycles. The molecular formula is C28H27F4N3O. The summed E-state index contributed by atoms with van der Waals surface area (Å²) in [6.45, 7) is 4.35. The minimum Gasteiger partial charge on any atom is -0.369 e. The van der Waals surface area contributed by atoms with Crippen LogP contribution >= 0.6 is 0 Å². The number of rotatable bonds is 5. The molecule has 0 N–H and O–H groups in total. The van der Waals surface area contributed by atoms with Crippen LogP contribution in [-0.2, 0) is 0 Å². The van der Waals surface area contributed by atoms with Crippen LogP contribution in [0.2, 0.25) is 0 Å². The Morgan fingerprint density at radius 1 is 0.778 bits per heavy atom. The van der Waals surface area contributed by atoms with Gasteiger partial charge in [-0.3, -0.25) is 9.69 Å². The van der Waals surface area contributed by atoms with E-state index >= 15 is 0 Å². The maximum atomic E-state index is 14.3. The lowest BCUT2D eigenvalue weighted by Gasteiger charge is -2.37. The third-order valence-electron chi connectivity index (χ3n) is 7.24. The molecule has 2 aliphatic rings. The monoisotopic (exact) mass is 497 g/mol. The van der Waals surface area contributed by atoms with E-state index in [4.69, 9.17) is 0 Å². The molecule has 0 aromatic heterocycles. The Balaban J connectivity index is 1.31. The smallest absolute Gasteiger partial charge is 0.259 e. The van der Waals surface area contributed by atoms with Gasteiger partial charge in [0.05, 0.1) is 0 Å². The maximum absolute atomic E-state index is 14.3. The van der Waals surface area contributed by atoms with Gasteiger partial charge in [0.1, 0.15) is 28.8 Å². The van der Waals surface area contributed by atoms with Crippen LogP contribution in [0, 0.1) is 29.2 Å². The molecule has 2 saturated heterocycles. The molecule has 0 radical (unpaired) electrons. The van der Waals surface area contributed by atoms with Crippen molar-refractivity contribution in [3.8, 4) is 0 Å². The van der Waals surface area contributed by atoms with Gasteiger partial charge in [0, 0.05) is 57.4 Å². The number of nitrogens with zero attached hydrogens (tertiary/aromatic N) is 3. The van der Waals surface area contributed by atoms with Crippen LogP contribution in [0.3, 0.4) is 0 Å². The number of amides is 1. The Morgan fingerprint density at radius 3 is 2.11 bits per heavy atom. The van der Waals surface area contributed by atoms with Gasteiger partial charge in [0.2, 0.25) is 0 Å². The van der Waals surface area contributed by atoms with Crippen molar-refractivity contribution in [2.45, 2.75) is 5.92 Å². The molecule has 2 aliphatic heterocycles. The van der Waals surface area contributed by atoms with Gasteiger partial charge in [-0.1, -0.05) is 18.2 Å². The summed E-state index contributed by atoms with van der Waals surface area (Å²) in [6.07, 6.45) is 0. The van der Waals surface area contributed by atoms with Gasteiger partial charge in [0.25, 0.3) is 5.91 Å². The average molecular weight is 498 g/mol. The summed E-state index contributed by atoms with van der Waals surface area (Å²) < 4.78 is 56.0. The summed E-state index contributed by atoms with van der Waals surface area (Å²) in [6, 6.07) is 16.2. The summed E-state index contributed by atoms with van der Waals surface area (Å²) in [5.74, 6) is -3.26. The van der Waals surface area contributed by atoms with Crippen molar-refractivity contribution in [2.75, 3.05) is 50.7 Å². The van der Waals surface area contributed by atoms with Gasteiger partial charge in [0.15, 0.2) is 0 Å². The highest BCUT2D eigenvalue weighted by molar-refractivity contribution is 5.95. The second-order valence-electron chi connectivity index (χ2n) is 9.49. The molecule has 188 valence electrons. The van der Waals surface area contributed by atoms with Crippen LogP contribution in [0.5, 0.6) is 0 Å². The van der Waals surface area contributed by atoms with Crippen LogP contribution in [-0.4, -0.2) is 61.5 Å². The second kappa shape index (κ2) is 10.3. The first-order valence-electron chi connectivity index (χ1n) is 12.1. The lowest BCUT2D eigenvalue weighted by Crippen LogP contribution is -2.48. The predicted molar refractivity (Wildman–Crippen MR) is 130 cm³/mol. The molecule has 2 atom stereocenters. The number of anilines is 1. The van der Waals surface area contributed by atoms with Gasteiger partial charge < -0.3 is 9.80 Å². The number of carbonyl (C=O) groups is 1.